The second-order valence-corrected chi connectivity index (χ2v) is 2.75. The number of nitrogens with zero attached hydrogens (tertiary/aromatic N) is 4. The number of nitrogens with one attached hydrogen (secondary N) is 1. The molecule has 0 saturated carbocycles. The lowest BCUT2D eigenvalue weighted by molar-refractivity contribution is -0.137. The molecule has 78 valence electrons. The Balaban J connectivity index is 2.08. The Kier molecular flexibility index (Phi) is 2.40. The Hall–Kier alpha value is -2.25. The van der Waals surface area contributed by atoms with E-state index in [-0.39, 0.29) is 24.6 Å². The minimum Gasteiger partial charge on any atom is -0.481 e. The highest BCUT2D eigenvalue weighted by molar-refractivity contribution is 5.66. The van der Waals surface area contributed by atoms with Crippen LogP contribution in [0.1, 0.15) is 12.3 Å². The Morgan fingerprint density at radius 1 is 1.53 bits per heavy atom. The largest absolute Gasteiger partial charge is 0.481 e. The Labute approximate surface area is 83.3 Å². The summed E-state index contributed by atoms with van der Waals surface area (Å²) in [5.74, 6) is -0.407. The monoisotopic (exact) mass is 209 g/mol. The smallest absolute Gasteiger partial charge is 0.303 e. The number of hydrogen-bond acceptors (Lipinski definition) is 6. The number of rotatable bonds is 4. The number of carbonyl (C=O) groups is 1. The van der Waals surface area contributed by atoms with Crippen molar-refractivity contribution in [3.63, 3.8) is 0 Å². The molecular formula is C7H7N5O3. The molecular weight excluding hydrogens is 202 g/mol. The summed E-state index contributed by atoms with van der Waals surface area (Å²) in [5.41, 5.74) is 0.434. The zero-order chi connectivity index (χ0) is 10.7. The van der Waals surface area contributed by atoms with Gasteiger partial charge in [0.25, 0.3) is 5.89 Å². The van der Waals surface area contributed by atoms with E-state index in [4.69, 9.17) is 9.52 Å². The number of aryl methyl sites for hydroxylation is 1. The quantitative estimate of drug-likeness (QED) is 0.719. The van der Waals surface area contributed by atoms with Crippen molar-refractivity contribution in [3.8, 4) is 11.6 Å². The summed E-state index contributed by atoms with van der Waals surface area (Å²) >= 11 is 0. The van der Waals surface area contributed by atoms with Gasteiger partial charge in [0.1, 0.15) is 0 Å². The summed E-state index contributed by atoms with van der Waals surface area (Å²) < 4.78 is 5.17. The van der Waals surface area contributed by atoms with Gasteiger partial charge >= 0.3 is 5.97 Å². The van der Waals surface area contributed by atoms with E-state index in [1.54, 1.807) is 0 Å². The molecule has 15 heavy (non-hydrogen) atoms. The van der Waals surface area contributed by atoms with Gasteiger partial charge in [-0.25, -0.2) is 0 Å². The van der Waals surface area contributed by atoms with Crippen LogP contribution in [0.25, 0.3) is 11.6 Å². The summed E-state index contributed by atoms with van der Waals surface area (Å²) in [5, 5.41) is 25.6. The number of aromatic nitrogens is 5. The topological polar surface area (TPSA) is 118 Å². The van der Waals surface area contributed by atoms with Crippen LogP contribution in [0.2, 0.25) is 0 Å². The summed E-state index contributed by atoms with van der Waals surface area (Å²) in [6, 6.07) is 0. The molecule has 0 fully saturated rings. The van der Waals surface area contributed by atoms with Crippen LogP contribution >= 0.6 is 0 Å². The first-order chi connectivity index (χ1) is 7.25. The lowest BCUT2D eigenvalue weighted by Crippen LogP contribution is -1.97. The van der Waals surface area contributed by atoms with Crippen molar-refractivity contribution in [1.29, 1.82) is 0 Å². The standard InChI is InChI=1S/C7H7N5O3/c13-6(14)2-1-5-10-11-7(15-5)4-3-8-12-9-4/h3H,1-2H2,(H,13,14)(H,8,9,12). The van der Waals surface area contributed by atoms with Crippen LogP contribution in [0.15, 0.2) is 10.6 Å². The van der Waals surface area contributed by atoms with Crippen LogP contribution in [0.5, 0.6) is 0 Å². The van der Waals surface area contributed by atoms with Gasteiger partial charge in [0.05, 0.1) is 12.6 Å². The maximum Gasteiger partial charge on any atom is 0.303 e. The Morgan fingerprint density at radius 3 is 3.07 bits per heavy atom. The third-order valence-electron chi connectivity index (χ3n) is 1.65. The van der Waals surface area contributed by atoms with Gasteiger partial charge in [-0.1, -0.05) is 0 Å². The minimum atomic E-state index is -0.906. The van der Waals surface area contributed by atoms with Crippen molar-refractivity contribution in [2.75, 3.05) is 0 Å². The molecule has 0 aromatic carbocycles. The van der Waals surface area contributed by atoms with Crippen molar-refractivity contribution >= 4 is 5.97 Å². The number of H-pyrrole nitrogens is 1. The predicted molar refractivity (Wildman–Crippen MR) is 45.6 cm³/mol. The molecule has 0 saturated heterocycles. The second-order valence-electron chi connectivity index (χ2n) is 2.75. The summed E-state index contributed by atoms with van der Waals surface area (Å²) in [7, 11) is 0. The first kappa shape index (κ1) is 9.31. The highest BCUT2D eigenvalue weighted by Gasteiger charge is 2.11. The second kappa shape index (κ2) is 3.86. The fourth-order valence-corrected chi connectivity index (χ4v) is 0.977. The van der Waals surface area contributed by atoms with Gasteiger partial charge in [0, 0.05) is 6.42 Å². The van der Waals surface area contributed by atoms with Gasteiger partial charge in [0.2, 0.25) is 5.89 Å². The van der Waals surface area contributed by atoms with Gasteiger partial charge in [-0.2, -0.15) is 15.4 Å². The van der Waals surface area contributed by atoms with Crippen LogP contribution in [-0.2, 0) is 11.2 Å². The number of aromatic amines is 1. The molecule has 2 N–H and O–H groups in total. The van der Waals surface area contributed by atoms with Crippen molar-refractivity contribution in [2.45, 2.75) is 12.8 Å². The number of carboxylic acid groups (broad SMARTS) is 1. The molecule has 2 aromatic heterocycles. The average molecular weight is 209 g/mol. The fraction of sp³-hybridized carbons (Fsp3) is 0.286. The fourth-order valence-electron chi connectivity index (χ4n) is 0.977. The zero-order valence-corrected chi connectivity index (χ0v) is 7.54. The molecule has 2 aromatic rings. The van der Waals surface area contributed by atoms with Crippen LogP contribution in [0, 0.1) is 0 Å². The predicted octanol–water partition coefficient (Wildman–Crippen LogP) is -0.128. The number of hydrogen-bond donors (Lipinski definition) is 2. The highest BCUT2D eigenvalue weighted by atomic mass is 16.4. The normalized spacial score (nSPS) is 10.4. The molecule has 0 bridgehead atoms. The van der Waals surface area contributed by atoms with E-state index in [9.17, 15) is 4.79 Å². The van der Waals surface area contributed by atoms with Gasteiger partial charge in [0.15, 0.2) is 5.69 Å². The van der Waals surface area contributed by atoms with E-state index in [1.165, 1.54) is 6.20 Å². The van der Waals surface area contributed by atoms with Crippen molar-refractivity contribution in [1.82, 2.24) is 25.6 Å². The number of carboxylic acids is 1. The first-order valence-corrected chi connectivity index (χ1v) is 4.16. The molecule has 0 radical (unpaired) electrons. The molecule has 2 heterocycles. The van der Waals surface area contributed by atoms with Gasteiger partial charge in [-0.15, -0.1) is 10.2 Å². The van der Waals surface area contributed by atoms with Crippen LogP contribution in [0.4, 0.5) is 0 Å². The summed E-state index contributed by atoms with van der Waals surface area (Å²) in [4.78, 5) is 10.3. The first-order valence-electron chi connectivity index (χ1n) is 4.16. The lowest BCUT2D eigenvalue weighted by Gasteiger charge is -1.88. The van der Waals surface area contributed by atoms with Gasteiger partial charge in [-0.3, -0.25) is 4.79 Å². The Bertz CT molecular complexity index is 449. The zero-order valence-electron chi connectivity index (χ0n) is 7.54. The van der Waals surface area contributed by atoms with Crippen LogP contribution < -0.4 is 0 Å². The van der Waals surface area contributed by atoms with E-state index >= 15 is 0 Å². The van der Waals surface area contributed by atoms with Gasteiger partial charge in [-0.05, 0) is 0 Å². The van der Waals surface area contributed by atoms with E-state index in [1.807, 2.05) is 0 Å². The minimum absolute atomic E-state index is 0.0412. The van der Waals surface area contributed by atoms with E-state index in [0.717, 1.165) is 0 Å². The van der Waals surface area contributed by atoms with Crippen LogP contribution in [-0.4, -0.2) is 36.7 Å². The SMILES string of the molecule is O=C(O)CCc1nnc(-c2cn[nH]n2)o1. The highest BCUT2D eigenvalue weighted by Crippen LogP contribution is 2.13. The van der Waals surface area contributed by atoms with Crippen molar-refractivity contribution in [2.24, 2.45) is 0 Å². The maximum atomic E-state index is 10.3. The average Bonchev–Trinajstić information content (AvgIpc) is 2.85. The molecule has 0 unspecified atom stereocenters. The van der Waals surface area contributed by atoms with E-state index in [2.05, 4.69) is 25.6 Å². The van der Waals surface area contributed by atoms with Crippen molar-refractivity contribution in [3.05, 3.63) is 12.1 Å². The third-order valence-corrected chi connectivity index (χ3v) is 1.65. The maximum absolute atomic E-state index is 10.3. The van der Waals surface area contributed by atoms with Crippen LogP contribution in [0.3, 0.4) is 0 Å². The van der Waals surface area contributed by atoms with Crippen molar-refractivity contribution < 1.29 is 14.3 Å². The van der Waals surface area contributed by atoms with E-state index < -0.39 is 5.97 Å². The number of aliphatic carboxylic acids is 1. The molecule has 0 aliphatic carbocycles. The Morgan fingerprint density at radius 2 is 2.40 bits per heavy atom. The summed E-state index contributed by atoms with van der Waals surface area (Å²) in [6.45, 7) is 0. The molecule has 8 nitrogen and oxygen atoms in total. The summed E-state index contributed by atoms with van der Waals surface area (Å²) in [6.07, 6.45) is 1.61. The van der Waals surface area contributed by atoms with Gasteiger partial charge < -0.3 is 9.52 Å². The molecule has 0 atom stereocenters. The molecule has 2 rings (SSSR count). The molecule has 0 aliphatic rings. The molecule has 8 heteroatoms. The molecule has 0 aliphatic heterocycles. The molecule has 0 amide bonds. The van der Waals surface area contributed by atoms with E-state index in [0.29, 0.717) is 5.69 Å². The lowest BCUT2D eigenvalue weighted by atomic mass is 10.3. The third kappa shape index (κ3) is 2.16. The molecule has 0 spiro atoms.